The molecule has 0 aliphatic rings. The minimum Gasteiger partial charge on any atom is -0.421 e. The summed E-state index contributed by atoms with van der Waals surface area (Å²) in [5.74, 6) is -1.03. The molecule has 0 aliphatic carbocycles. The van der Waals surface area contributed by atoms with Crippen LogP contribution in [0.1, 0.15) is 36.8 Å². The predicted molar refractivity (Wildman–Crippen MR) is 65.3 cm³/mol. The first-order valence-corrected chi connectivity index (χ1v) is 5.58. The summed E-state index contributed by atoms with van der Waals surface area (Å²) in [7, 11) is 0. The van der Waals surface area contributed by atoms with Crippen LogP contribution >= 0.6 is 0 Å². The SMILES string of the molecule is CC(=O)OC(OC(C)=O)c1ccc(C)c(CN)c1. The topological polar surface area (TPSA) is 78.6 Å². The van der Waals surface area contributed by atoms with Crippen molar-refractivity contribution >= 4 is 11.9 Å². The lowest BCUT2D eigenvalue weighted by atomic mass is 10.0. The summed E-state index contributed by atoms with van der Waals surface area (Å²) in [5, 5.41) is 0. The van der Waals surface area contributed by atoms with Gasteiger partial charge in [0.05, 0.1) is 0 Å². The molecule has 0 bridgehead atoms. The second kappa shape index (κ2) is 6.16. The number of carbonyl (C=O) groups is 2. The third-order valence-corrected chi connectivity index (χ3v) is 2.41. The van der Waals surface area contributed by atoms with Gasteiger partial charge in [0.25, 0.3) is 6.29 Å². The number of benzene rings is 1. The van der Waals surface area contributed by atoms with Gasteiger partial charge in [0.2, 0.25) is 0 Å². The summed E-state index contributed by atoms with van der Waals surface area (Å²) < 4.78 is 9.93. The van der Waals surface area contributed by atoms with Crippen molar-refractivity contribution in [3.05, 3.63) is 34.9 Å². The highest BCUT2D eigenvalue weighted by Gasteiger charge is 2.18. The zero-order chi connectivity index (χ0) is 13.7. The molecule has 0 saturated heterocycles. The van der Waals surface area contributed by atoms with Crippen molar-refractivity contribution in [2.24, 2.45) is 5.73 Å². The summed E-state index contributed by atoms with van der Waals surface area (Å²) in [6.45, 7) is 4.81. The van der Waals surface area contributed by atoms with Gasteiger partial charge in [-0.3, -0.25) is 9.59 Å². The maximum absolute atomic E-state index is 11.0. The van der Waals surface area contributed by atoms with E-state index in [1.807, 2.05) is 13.0 Å². The standard InChI is InChI=1S/C13H17NO4/c1-8-4-5-11(6-12(8)7-14)13(17-9(2)15)18-10(3)16/h4-6,13H,7,14H2,1-3H3. The number of hydrogen-bond acceptors (Lipinski definition) is 5. The largest absolute Gasteiger partial charge is 0.421 e. The molecule has 0 amide bonds. The van der Waals surface area contributed by atoms with Gasteiger partial charge < -0.3 is 15.2 Å². The van der Waals surface area contributed by atoms with Crippen LogP contribution in [0.3, 0.4) is 0 Å². The van der Waals surface area contributed by atoms with E-state index in [-0.39, 0.29) is 0 Å². The Hall–Kier alpha value is -1.88. The van der Waals surface area contributed by atoms with E-state index in [1.54, 1.807) is 12.1 Å². The van der Waals surface area contributed by atoms with Crippen molar-refractivity contribution in [3.8, 4) is 0 Å². The highest BCUT2D eigenvalue weighted by atomic mass is 16.7. The Balaban J connectivity index is 3.03. The Bertz CT molecular complexity index is 440. The van der Waals surface area contributed by atoms with Crippen molar-refractivity contribution in [3.63, 3.8) is 0 Å². The van der Waals surface area contributed by atoms with E-state index in [0.717, 1.165) is 11.1 Å². The molecule has 98 valence electrons. The van der Waals surface area contributed by atoms with Crippen molar-refractivity contribution < 1.29 is 19.1 Å². The normalized spacial score (nSPS) is 10.3. The van der Waals surface area contributed by atoms with Crippen LogP contribution in [0.5, 0.6) is 0 Å². The molecule has 0 fully saturated rings. The van der Waals surface area contributed by atoms with Gasteiger partial charge in [0.15, 0.2) is 0 Å². The molecule has 5 heteroatoms. The summed E-state index contributed by atoms with van der Waals surface area (Å²) >= 11 is 0. The third kappa shape index (κ3) is 3.85. The zero-order valence-electron chi connectivity index (χ0n) is 10.7. The average molecular weight is 251 g/mol. The lowest BCUT2D eigenvalue weighted by molar-refractivity contribution is -0.186. The minimum absolute atomic E-state index is 0.368. The van der Waals surface area contributed by atoms with Crippen LogP contribution in [0.15, 0.2) is 18.2 Å². The first kappa shape index (κ1) is 14.2. The highest BCUT2D eigenvalue weighted by Crippen LogP contribution is 2.22. The molecule has 0 radical (unpaired) electrons. The Morgan fingerprint density at radius 2 is 1.78 bits per heavy atom. The number of rotatable bonds is 4. The molecular weight excluding hydrogens is 234 g/mol. The van der Waals surface area contributed by atoms with Crippen molar-refractivity contribution in [2.45, 2.75) is 33.6 Å². The summed E-state index contributed by atoms with van der Waals surface area (Å²) in [6, 6.07) is 5.36. The van der Waals surface area contributed by atoms with Crippen LogP contribution in [-0.4, -0.2) is 11.9 Å². The Morgan fingerprint density at radius 3 is 2.22 bits per heavy atom. The van der Waals surface area contributed by atoms with Crippen molar-refractivity contribution in [2.75, 3.05) is 0 Å². The van der Waals surface area contributed by atoms with E-state index >= 15 is 0 Å². The minimum atomic E-state index is -1.02. The summed E-state index contributed by atoms with van der Waals surface area (Å²) in [4.78, 5) is 22.0. The smallest absolute Gasteiger partial charge is 0.305 e. The van der Waals surface area contributed by atoms with Gasteiger partial charge in [-0.2, -0.15) is 0 Å². The van der Waals surface area contributed by atoms with Crippen LogP contribution in [0.2, 0.25) is 0 Å². The fourth-order valence-corrected chi connectivity index (χ4v) is 1.52. The van der Waals surface area contributed by atoms with Gasteiger partial charge >= 0.3 is 11.9 Å². The number of esters is 2. The molecule has 0 aromatic heterocycles. The Morgan fingerprint density at radius 1 is 1.22 bits per heavy atom. The third-order valence-electron chi connectivity index (χ3n) is 2.41. The van der Waals surface area contributed by atoms with E-state index in [2.05, 4.69) is 0 Å². The molecule has 0 atom stereocenters. The molecular formula is C13H17NO4. The molecule has 0 unspecified atom stereocenters. The van der Waals surface area contributed by atoms with Crippen molar-refractivity contribution in [1.82, 2.24) is 0 Å². The molecule has 0 heterocycles. The number of ether oxygens (including phenoxy) is 2. The van der Waals surface area contributed by atoms with Crippen LogP contribution in [0.4, 0.5) is 0 Å². The zero-order valence-corrected chi connectivity index (χ0v) is 10.7. The lowest BCUT2D eigenvalue weighted by Crippen LogP contribution is -2.15. The predicted octanol–water partition coefficient (Wildman–Crippen LogP) is 1.58. The number of nitrogens with two attached hydrogens (primary N) is 1. The van der Waals surface area contributed by atoms with Gasteiger partial charge in [-0.1, -0.05) is 12.1 Å². The fourth-order valence-electron chi connectivity index (χ4n) is 1.52. The quantitative estimate of drug-likeness (QED) is 0.649. The molecule has 2 N–H and O–H groups in total. The highest BCUT2D eigenvalue weighted by molar-refractivity contribution is 5.68. The van der Waals surface area contributed by atoms with Gasteiger partial charge in [-0.05, 0) is 24.1 Å². The van der Waals surface area contributed by atoms with Crippen molar-refractivity contribution in [1.29, 1.82) is 0 Å². The first-order chi connectivity index (χ1) is 8.43. The average Bonchev–Trinajstić information content (AvgIpc) is 2.27. The van der Waals surface area contributed by atoms with E-state index in [0.29, 0.717) is 12.1 Å². The molecule has 0 aliphatic heterocycles. The maximum Gasteiger partial charge on any atom is 0.305 e. The first-order valence-electron chi connectivity index (χ1n) is 5.58. The van der Waals surface area contributed by atoms with E-state index in [9.17, 15) is 9.59 Å². The molecule has 1 rings (SSSR count). The Kier molecular flexibility index (Phi) is 4.85. The summed E-state index contributed by atoms with van der Waals surface area (Å²) in [6.07, 6.45) is -1.02. The molecule has 5 nitrogen and oxygen atoms in total. The van der Waals surface area contributed by atoms with Gasteiger partial charge in [-0.25, -0.2) is 0 Å². The fraction of sp³-hybridized carbons (Fsp3) is 0.385. The summed E-state index contributed by atoms with van der Waals surface area (Å²) in [5.41, 5.74) is 8.14. The maximum atomic E-state index is 11.0. The Labute approximate surface area is 106 Å². The van der Waals surface area contributed by atoms with E-state index < -0.39 is 18.2 Å². The van der Waals surface area contributed by atoms with Gasteiger partial charge in [0, 0.05) is 26.0 Å². The monoisotopic (exact) mass is 251 g/mol. The number of aryl methyl sites for hydroxylation is 1. The van der Waals surface area contributed by atoms with Gasteiger partial charge in [-0.15, -0.1) is 0 Å². The molecule has 1 aromatic carbocycles. The van der Waals surface area contributed by atoms with Gasteiger partial charge in [0.1, 0.15) is 0 Å². The van der Waals surface area contributed by atoms with E-state index in [1.165, 1.54) is 13.8 Å². The molecule has 0 spiro atoms. The molecule has 18 heavy (non-hydrogen) atoms. The second-order valence-corrected chi connectivity index (χ2v) is 3.94. The van der Waals surface area contributed by atoms with E-state index in [4.69, 9.17) is 15.2 Å². The van der Waals surface area contributed by atoms with Crippen LogP contribution in [-0.2, 0) is 25.6 Å². The second-order valence-electron chi connectivity index (χ2n) is 3.94. The molecule has 1 aromatic rings. The lowest BCUT2D eigenvalue weighted by Gasteiger charge is -2.18. The number of carbonyl (C=O) groups excluding carboxylic acids is 2. The van der Waals surface area contributed by atoms with Crippen LogP contribution in [0.25, 0.3) is 0 Å². The van der Waals surface area contributed by atoms with Crippen LogP contribution < -0.4 is 5.73 Å². The molecule has 0 saturated carbocycles. The van der Waals surface area contributed by atoms with Crippen LogP contribution in [0, 0.1) is 6.92 Å². The number of hydrogen-bond donors (Lipinski definition) is 1.